The first-order valence-corrected chi connectivity index (χ1v) is 4.92. The van der Waals surface area contributed by atoms with Crippen molar-refractivity contribution in [1.82, 2.24) is 10.2 Å². The van der Waals surface area contributed by atoms with Crippen LogP contribution < -0.4 is 5.32 Å². The fourth-order valence-electron chi connectivity index (χ4n) is 1.79. The van der Waals surface area contributed by atoms with Crippen LogP contribution in [-0.4, -0.2) is 37.1 Å². The number of rotatable bonds is 3. The molecule has 1 aliphatic rings. The van der Waals surface area contributed by atoms with E-state index in [0.717, 1.165) is 25.6 Å². The van der Waals surface area contributed by atoms with Gasteiger partial charge in [-0.15, -0.1) is 0 Å². The predicted molar refractivity (Wildman–Crippen MR) is 53.3 cm³/mol. The second kappa shape index (κ2) is 4.08. The Bertz CT molecular complexity index is 209. The summed E-state index contributed by atoms with van der Waals surface area (Å²) in [4.78, 5) is 2.37. The van der Waals surface area contributed by atoms with E-state index >= 15 is 0 Å². The van der Waals surface area contributed by atoms with E-state index in [0.29, 0.717) is 0 Å². The highest BCUT2D eigenvalue weighted by Gasteiger charge is 2.28. The highest BCUT2D eigenvalue weighted by Crippen LogP contribution is 2.17. The first-order chi connectivity index (χ1) is 6.09. The smallest absolute Gasteiger partial charge is 0.116 e. The molecule has 0 spiro atoms. The van der Waals surface area contributed by atoms with Crippen LogP contribution in [-0.2, 0) is 0 Å². The van der Waals surface area contributed by atoms with E-state index in [2.05, 4.69) is 23.2 Å². The molecule has 0 radical (unpaired) electrons. The van der Waals surface area contributed by atoms with Crippen LogP contribution in [0.25, 0.3) is 0 Å². The van der Waals surface area contributed by atoms with Crippen LogP contribution in [0.2, 0.25) is 0 Å². The van der Waals surface area contributed by atoms with Crippen LogP contribution in [0.3, 0.4) is 0 Å². The average molecular weight is 181 g/mol. The Morgan fingerprint density at radius 1 is 1.69 bits per heavy atom. The van der Waals surface area contributed by atoms with Crippen LogP contribution in [0.4, 0.5) is 0 Å². The maximum absolute atomic E-state index is 8.97. The van der Waals surface area contributed by atoms with E-state index < -0.39 is 0 Å². The monoisotopic (exact) mass is 181 g/mol. The van der Waals surface area contributed by atoms with E-state index in [9.17, 15) is 0 Å². The van der Waals surface area contributed by atoms with E-state index in [1.54, 1.807) is 0 Å². The molecule has 2 atom stereocenters. The van der Waals surface area contributed by atoms with Gasteiger partial charge in [0.25, 0.3) is 0 Å². The van der Waals surface area contributed by atoms with Crippen molar-refractivity contribution < 1.29 is 0 Å². The summed E-state index contributed by atoms with van der Waals surface area (Å²) < 4.78 is 0. The van der Waals surface area contributed by atoms with Crippen molar-refractivity contribution in [2.45, 2.75) is 25.8 Å². The molecule has 0 aromatic heterocycles. The van der Waals surface area contributed by atoms with Gasteiger partial charge >= 0.3 is 0 Å². The molecule has 0 amide bonds. The molecule has 1 fully saturated rings. The summed E-state index contributed by atoms with van der Waals surface area (Å²) in [6.07, 6.45) is 1.27. The number of nitrogens with one attached hydrogen (secondary N) is 1. The second-order valence-corrected chi connectivity index (χ2v) is 4.32. The Morgan fingerprint density at radius 3 is 2.77 bits per heavy atom. The van der Waals surface area contributed by atoms with Gasteiger partial charge in [0.2, 0.25) is 0 Å². The number of likely N-dealkylation sites (tertiary alicyclic amines) is 1. The normalized spacial score (nSPS) is 28.3. The summed E-state index contributed by atoms with van der Waals surface area (Å²) in [5, 5.41) is 12.0. The number of hydrogen-bond donors (Lipinski definition) is 1. The fraction of sp³-hybridized carbons (Fsp3) is 0.900. The molecular weight excluding hydrogens is 162 g/mol. The van der Waals surface area contributed by atoms with Crippen molar-refractivity contribution in [3.05, 3.63) is 0 Å². The lowest BCUT2D eigenvalue weighted by Gasteiger charge is -2.27. The van der Waals surface area contributed by atoms with Crippen molar-refractivity contribution in [1.29, 1.82) is 5.26 Å². The summed E-state index contributed by atoms with van der Waals surface area (Å²) in [5.74, 6) is 0.791. The Morgan fingerprint density at radius 2 is 2.38 bits per heavy atom. The third kappa shape index (κ3) is 2.68. The summed E-state index contributed by atoms with van der Waals surface area (Å²) in [7, 11) is 1.85. The molecule has 0 bridgehead atoms. The standard InChI is InChI=1S/C10H19N3/c1-9-4-5-13(6-9)8-10(2,7-11)12-3/h9,12H,4-6,8H2,1-3H3. The zero-order valence-electron chi connectivity index (χ0n) is 8.80. The van der Waals surface area contributed by atoms with Crippen molar-refractivity contribution >= 4 is 0 Å². The summed E-state index contributed by atoms with van der Waals surface area (Å²) in [6, 6.07) is 2.32. The van der Waals surface area contributed by atoms with Gasteiger partial charge < -0.3 is 10.2 Å². The number of likely N-dealkylation sites (N-methyl/N-ethyl adjacent to an activating group) is 1. The Kier molecular flexibility index (Phi) is 3.29. The zero-order chi connectivity index (χ0) is 9.90. The highest BCUT2D eigenvalue weighted by atomic mass is 15.2. The maximum Gasteiger partial charge on any atom is 0.116 e. The van der Waals surface area contributed by atoms with Gasteiger partial charge in [-0.2, -0.15) is 5.26 Å². The van der Waals surface area contributed by atoms with Gasteiger partial charge in [-0.25, -0.2) is 0 Å². The largest absolute Gasteiger partial charge is 0.302 e. The van der Waals surface area contributed by atoms with Gasteiger partial charge in [-0.05, 0) is 32.9 Å². The molecular formula is C10H19N3. The minimum atomic E-state index is -0.385. The van der Waals surface area contributed by atoms with Crippen molar-refractivity contribution in [3.8, 4) is 6.07 Å². The Labute approximate surface area is 80.7 Å². The lowest BCUT2D eigenvalue weighted by molar-refractivity contribution is 0.263. The number of hydrogen-bond acceptors (Lipinski definition) is 3. The fourth-order valence-corrected chi connectivity index (χ4v) is 1.79. The Balaban J connectivity index is 2.44. The topological polar surface area (TPSA) is 39.1 Å². The number of nitriles is 1. The van der Waals surface area contributed by atoms with Gasteiger partial charge in [-0.1, -0.05) is 6.92 Å². The molecule has 3 nitrogen and oxygen atoms in total. The highest BCUT2D eigenvalue weighted by molar-refractivity contribution is 5.05. The van der Waals surface area contributed by atoms with Gasteiger partial charge in [-0.3, -0.25) is 0 Å². The quantitative estimate of drug-likeness (QED) is 0.701. The van der Waals surface area contributed by atoms with E-state index in [1.807, 2.05) is 14.0 Å². The molecule has 13 heavy (non-hydrogen) atoms. The molecule has 0 aromatic rings. The van der Waals surface area contributed by atoms with Gasteiger partial charge in [0.15, 0.2) is 0 Å². The molecule has 3 heteroatoms. The zero-order valence-corrected chi connectivity index (χ0v) is 8.80. The van der Waals surface area contributed by atoms with Crippen LogP contribution in [0.15, 0.2) is 0 Å². The maximum atomic E-state index is 8.97. The van der Waals surface area contributed by atoms with Crippen LogP contribution >= 0.6 is 0 Å². The molecule has 1 N–H and O–H groups in total. The van der Waals surface area contributed by atoms with Crippen molar-refractivity contribution in [2.24, 2.45) is 5.92 Å². The summed E-state index contributed by atoms with van der Waals surface area (Å²) in [6.45, 7) is 7.34. The average Bonchev–Trinajstić information content (AvgIpc) is 2.51. The molecule has 0 saturated carbocycles. The minimum absolute atomic E-state index is 0.385. The summed E-state index contributed by atoms with van der Waals surface area (Å²) >= 11 is 0. The van der Waals surface area contributed by atoms with Gasteiger partial charge in [0.1, 0.15) is 5.54 Å². The molecule has 0 aromatic carbocycles. The van der Waals surface area contributed by atoms with Crippen LogP contribution in [0.1, 0.15) is 20.3 Å². The molecule has 1 rings (SSSR count). The molecule has 74 valence electrons. The van der Waals surface area contributed by atoms with E-state index in [4.69, 9.17) is 5.26 Å². The third-order valence-electron chi connectivity index (χ3n) is 2.85. The lowest BCUT2D eigenvalue weighted by atomic mass is 10.1. The van der Waals surface area contributed by atoms with Crippen molar-refractivity contribution in [2.75, 3.05) is 26.7 Å². The molecule has 1 saturated heterocycles. The molecule has 1 aliphatic heterocycles. The third-order valence-corrected chi connectivity index (χ3v) is 2.85. The SMILES string of the molecule is CNC(C)(C#N)CN1CCC(C)C1. The minimum Gasteiger partial charge on any atom is -0.302 e. The van der Waals surface area contributed by atoms with Crippen LogP contribution in [0.5, 0.6) is 0 Å². The van der Waals surface area contributed by atoms with Gasteiger partial charge in [0.05, 0.1) is 6.07 Å². The van der Waals surface area contributed by atoms with Crippen LogP contribution in [0, 0.1) is 17.2 Å². The summed E-state index contributed by atoms with van der Waals surface area (Å²) in [5.41, 5.74) is -0.385. The lowest BCUT2D eigenvalue weighted by Crippen LogP contribution is -2.48. The second-order valence-electron chi connectivity index (χ2n) is 4.32. The molecule has 1 heterocycles. The molecule has 0 aliphatic carbocycles. The van der Waals surface area contributed by atoms with E-state index in [-0.39, 0.29) is 5.54 Å². The Hall–Kier alpha value is -0.590. The first-order valence-electron chi connectivity index (χ1n) is 4.92. The predicted octanol–water partition coefficient (Wildman–Crippen LogP) is 0.830. The van der Waals surface area contributed by atoms with Gasteiger partial charge in [0, 0.05) is 13.1 Å². The van der Waals surface area contributed by atoms with Crippen molar-refractivity contribution in [3.63, 3.8) is 0 Å². The number of nitrogens with zero attached hydrogens (tertiary/aromatic N) is 2. The molecule has 2 unspecified atom stereocenters. The first kappa shape index (κ1) is 10.5. The van der Waals surface area contributed by atoms with E-state index in [1.165, 1.54) is 6.42 Å².